The molecule has 2 amide bonds. The predicted octanol–water partition coefficient (Wildman–Crippen LogP) is 3.06. The molecule has 7 heteroatoms. The molecule has 0 saturated carbocycles. The quantitative estimate of drug-likeness (QED) is 0.618. The second-order valence-electron chi connectivity index (χ2n) is 7.59. The first kappa shape index (κ1) is 21.5. The van der Waals surface area contributed by atoms with Crippen LogP contribution in [-0.2, 0) is 9.59 Å². The maximum Gasteiger partial charge on any atom is 0.260 e. The second-order valence-corrected chi connectivity index (χ2v) is 7.59. The summed E-state index contributed by atoms with van der Waals surface area (Å²) in [7, 11) is 0. The van der Waals surface area contributed by atoms with Gasteiger partial charge in [-0.2, -0.15) is 0 Å². The SMILES string of the molecule is O=C(CCOc1ccccc1O)N1CCN(C(=O)COc2cccc3ccccc23)CC1. The average molecular weight is 434 g/mol. The van der Waals surface area contributed by atoms with Gasteiger partial charge in [0.25, 0.3) is 5.91 Å². The van der Waals surface area contributed by atoms with E-state index in [-0.39, 0.29) is 37.2 Å². The van der Waals surface area contributed by atoms with Crippen LogP contribution < -0.4 is 9.47 Å². The van der Waals surface area contributed by atoms with E-state index >= 15 is 0 Å². The Morgan fingerprint density at radius 1 is 0.750 bits per heavy atom. The van der Waals surface area contributed by atoms with E-state index in [0.717, 1.165) is 10.8 Å². The molecule has 0 aliphatic carbocycles. The van der Waals surface area contributed by atoms with Gasteiger partial charge in [0.1, 0.15) is 5.75 Å². The molecule has 7 nitrogen and oxygen atoms in total. The monoisotopic (exact) mass is 434 g/mol. The number of benzene rings is 3. The smallest absolute Gasteiger partial charge is 0.260 e. The number of fused-ring (bicyclic) bond motifs is 1. The Labute approximate surface area is 186 Å². The highest BCUT2D eigenvalue weighted by molar-refractivity contribution is 5.88. The zero-order chi connectivity index (χ0) is 22.3. The van der Waals surface area contributed by atoms with Gasteiger partial charge < -0.3 is 24.4 Å². The molecule has 4 rings (SSSR count). The number of aromatic hydroxyl groups is 1. The number of nitrogens with zero attached hydrogens (tertiary/aromatic N) is 2. The van der Waals surface area contributed by atoms with Gasteiger partial charge in [0, 0.05) is 31.6 Å². The van der Waals surface area contributed by atoms with E-state index in [4.69, 9.17) is 9.47 Å². The minimum Gasteiger partial charge on any atom is -0.504 e. The van der Waals surface area contributed by atoms with Crippen LogP contribution in [0.4, 0.5) is 0 Å². The number of amides is 2. The molecule has 0 atom stereocenters. The van der Waals surface area contributed by atoms with Gasteiger partial charge in [0.2, 0.25) is 5.91 Å². The standard InChI is InChI=1S/C25H26N2O5/c28-21-9-3-4-10-23(21)31-17-12-24(29)26-13-15-27(16-14-26)25(30)18-32-22-11-5-7-19-6-1-2-8-20(19)22/h1-11,28H,12-18H2. The fourth-order valence-corrected chi connectivity index (χ4v) is 3.74. The molecule has 1 aliphatic rings. The molecular formula is C25H26N2O5. The first-order valence-corrected chi connectivity index (χ1v) is 10.7. The molecule has 1 saturated heterocycles. The number of carbonyl (C=O) groups is 2. The summed E-state index contributed by atoms with van der Waals surface area (Å²) in [6.07, 6.45) is 0.215. The lowest BCUT2D eigenvalue weighted by Gasteiger charge is -2.34. The van der Waals surface area contributed by atoms with Crippen molar-refractivity contribution in [2.45, 2.75) is 6.42 Å². The van der Waals surface area contributed by atoms with Crippen molar-refractivity contribution in [3.63, 3.8) is 0 Å². The van der Waals surface area contributed by atoms with Gasteiger partial charge in [-0.1, -0.05) is 48.5 Å². The van der Waals surface area contributed by atoms with E-state index < -0.39 is 0 Å². The molecular weight excluding hydrogens is 408 g/mol. The van der Waals surface area contributed by atoms with E-state index in [1.165, 1.54) is 6.07 Å². The van der Waals surface area contributed by atoms with E-state index in [2.05, 4.69) is 0 Å². The summed E-state index contributed by atoms with van der Waals surface area (Å²) in [5.74, 6) is 0.988. The van der Waals surface area contributed by atoms with Crippen molar-refractivity contribution in [3.8, 4) is 17.2 Å². The lowest BCUT2D eigenvalue weighted by Crippen LogP contribution is -2.51. The number of para-hydroxylation sites is 2. The van der Waals surface area contributed by atoms with Crippen LogP contribution in [-0.4, -0.2) is 66.1 Å². The van der Waals surface area contributed by atoms with Gasteiger partial charge >= 0.3 is 0 Å². The minimum atomic E-state index is -0.0899. The minimum absolute atomic E-state index is 0.0282. The Balaban J connectivity index is 1.21. The first-order valence-electron chi connectivity index (χ1n) is 10.7. The number of hydrogen-bond acceptors (Lipinski definition) is 5. The fraction of sp³-hybridized carbons (Fsp3) is 0.280. The molecule has 1 fully saturated rings. The predicted molar refractivity (Wildman–Crippen MR) is 121 cm³/mol. The molecule has 0 radical (unpaired) electrons. The largest absolute Gasteiger partial charge is 0.504 e. The number of carbonyl (C=O) groups excluding carboxylic acids is 2. The van der Waals surface area contributed by atoms with Crippen molar-refractivity contribution < 1.29 is 24.2 Å². The molecule has 0 unspecified atom stereocenters. The molecule has 3 aromatic carbocycles. The first-order chi connectivity index (χ1) is 15.6. The summed E-state index contributed by atoms with van der Waals surface area (Å²) < 4.78 is 11.3. The Morgan fingerprint density at radius 3 is 2.16 bits per heavy atom. The number of ether oxygens (including phenoxy) is 2. The van der Waals surface area contributed by atoms with Crippen LogP contribution in [0, 0.1) is 0 Å². The number of hydrogen-bond donors (Lipinski definition) is 1. The van der Waals surface area contributed by atoms with Crippen molar-refractivity contribution in [2.75, 3.05) is 39.4 Å². The molecule has 1 aliphatic heterocycles. The number of phenolic OH excluding ortho intramolecular Hbond substituents is 1. The summed E-state index contributed by atoms with van der Waals surface area (Å²) in [5.41, 5.74) is 0. The normalized spacial score (nSPS) is 13.8. The Kier molecular flexibility index (Phi) is 6.75. The Bertz CT molecular complexity index is 1090. The topological polar surface area (TPSA) is 79.3 Å². The van der Waals surface area contributed by atoms with Gasteiger partial charge in [-0.3, -0.25) is 9.59 Å². The zero-order valence-corrected chi connectivity index (χ0v) is 17.8. The highest BCUT2D eigenvalue weighted by Gasteiger charge is 2.24. The van der Waals surface area contributed by atoms with Gasteiger partial charge in [-0.15, -0.1) is 0 Å². The zero-order valence-electron chi connectivity index (χ0n) is 17.8. The van der Waals surface area contributed by atoms with Crippen LogP contribution >= 0.6 is 0 Å². The van der Waals surface area contributed by atoms with Gasteiger partial charge in [0.15, 0.2) is 18.1 Å². The molecule has 1 N–H and O–H groups in total. The highest BCUT2D eigenvalue weighted by atomic mass is 16.5. The molecule has 0 bridgehead atoms. The molecule has 0 aromatic heterocycles. The maximum atomic E-state index is 12.6. The van der Waals surface area contributed by atoms with Crippen LogP contribution in [0.1, 0.15) is 6.42 Å². The summed E-state index contributed by atoms with van der Waals surface area (Å²) in [6, 6.07) is 20.3. The lowest BCUT2D eigenvalue weighted by atomic mass is 10.1. The van der Waals surface area contributed by atoms with Crippen molar-refractivity contribution in [1.82, 2.24) is 9.80 Å². The van der Waals surface area contributed by atoms with Crippen LogP contribution in [0.2, 0.25) is 0 Å². The van der Waals surface area contributed by atoms with E-state index in [1.807, 2.05) is 42.5 Å². The third-order valence-corrected chi connectivity index (χ3v) is 5.52. The summed E-state index contributed by atoms with van der Waals surface area (Å²) in [4.78, 5) is 28.5. The third-order valence-electron chi connectivity index (χ3n) is 5.52. The molecule has 166 valence electrons. The van der Waals surface area contributed by atoms with Crippen LogP contribution in [0.15, 0.2) is 66.7 Å². The number of rotatable bonds is 7. The average Bonchev–Trinajstić information content (AvgIpc) is 2.83. The molecule has 3 aromatic rings. The van der Waals surface area contributed by atoms with E-state index in [0.29, 0.717) is 37.7 Å². The third kappa shape index (κ3) is 5.11. The highest BCUT2D eigenvalue weighted by Crippen LogP contribution is 2.25. The van der Waals surface area contributed by atoms with Gasteiger partial charge in [0.05, 0.1) is 13.0 Å². The Hall–Kier alpha value is -3.74. The summed E-state index contributed by atoms with van der Waals surface area (Å²) in [5, 5.41) is 11.7. The van der Waals surface area contributed by atoms with Crippen LogP contribution in [0.25, 0.3) is 10.8 Å². The summed E-state index contributed by atoms with van der Waals surface area (Å²) >= 11 is 0. The number of phenols is 1. The fourth-order valence-electron chi connectivity index (χ4n) is 3.74. The van der Waals surface area contributed by atoms with Crippen LogP contribution in [0.5, 0.6) is 17.2 Å². The van der Waals surface area contributed by atoms with Crippen molar-refractivity contribution in [1.29, 1.82) is 0 Å². The van der Waals surface area contributed by atoms with Crippen molar-refractivity contribution >= 4 is 22.6 Å². The molecule has 0 spiro atoms. The lowest BCUT2D eigenvalue weighted by molar-refractivity contribution is -0.141. The Morgan fingerprint density at radius 2 is 1.38 bits per heavy atom. The second kappa shape index (κ2) is 10.0. The van der Waals surface area contributed by atoms with Crippen LogP contribution in [0.3, 0.4) is 0 Å². The summed E-state index contributed by atoms with van der Waals surface area (Å²) in [6.45, 7) is 2.07. The van der Waals surface area contributed by atoms with E-state index in [1.54, 1.807) is 28.0 Å². The van der Waals surface area contributed by atoms with Gasteiger partial charge in [-0.05, 0) is 23.6 Å². The van der Waals surface area contributed by atoms with Gasteiger partial charge in [-0.25, -0.2) is 0 Å². The van der Waals surface area contributed by atoms with Crippen molar-refractivity contribution in [2.24, 2.45) is 0 Å². The number of piperazine rings is 1. The molecule has 1 heterocycles. The molecule has 32 heavy (non-hydrogen) atoms. The van der Waals surface area contributed by atoms with E-state index in [9.17, 15) is 14.7 Å². The van der Waals surface area contributed by atoms with Crippen molar-refractivity contribution in [3.05, 3.63) is 66.7 Å². The maximum absolute atomic E-state index is 12.6.